The average Bonchev–Trinajstić information content (AvgIpc) is 2.79. The number of aliphatic carboxylic acids is 1. The van der Waals surface area contributed by atoms with Gasteiger partial charge in [-0.05, 0) is 41.8 Å². The van der Waals surface area contributed by atoms with Crippen LogP contribution in [0.5, 0.6) is 0 Å². The van der Waals surface area contributed by atoms with Crippen molar-refractivity contribution in [3.05, 3.63) is 75.4 Å². The van der Waals surface area contributed by atoms with E-state index in [-0.39, 0.29) is 21.4 Å². The van der Waals surface area contributed by atoms with Gasteiger partial charge in [0.2, 0.25) is 0 Å². The standard InChI is InChI=1S/C22H19Cl2NO8S2/c1-33-19-20(26)25-18(22(27)28)14(11-34(29,30)13-5-3-2-4-6-13)17(35(31,32)21(19)25)10-12-7-8-15(23)16(24)9-12/h2-9,17,19,21H,10-11H2,1H3,(H,27,28)/t17?,19-,21+/m0/s1. The minimum atomic E-state index is -4.33. The van der Waals surface area contributed by atoms with E-state index in [1.165, 1.54) is 42.5 Å². The number of halogens is 2. The smallest absolute Gasteiger partial charge is 0.352 e. The number of carbonyl (C=O) groups is 2. The molecule has 3 atom stereocenters. The summed E-state index contributed by atoms with van der Waals surface area (Å²) in [5.41, 5.74) is -0.695. The van der Waals surface area contributed by atoms with Crippen LogP contribution in [-0.2, 0) is 40.4 Å². The molecule has 2 heterocycles. The number of amides is 1. The SMILES string of the molecule is CO[C@H]1C(=O)N2C(C(=O)O)=C(CS(=O)(=O)c3ccccc3)C(Cc3ccc(Cl)c(Cl)c3)S(=O)(=O)[C@H]12. The Balaban J connectivity index is 1.92. The molecule has 1 N–H and O–H groups in total. The van der Waals surface area contributed by atoms with Crippen LogP contribution in [0, 0.1) is 0 Å². The maximum atomic E-state index is 13.7. The van der Waals surface area contributed by atoms with Gasteiger partial charge in [-0.1, -0.05) is 47.5 Å². The first kappa shape index (κ1) is 25.6. The molecule has 35 heavy (non-hydrogen) atoms. The van der Waals surface area contributed by atoms with Crippen molar-refractivity contribution < 1.29 is 36.3 Å². The number of methoxy groups -OCH3 is 1. The molecule has 1 amide bonds. The predicted octanol–water partition coefficient (Wildman–Crippen LogP) is 2.33. The average molecular weight is 560 g/mol. The topological polar surface area (TPSA) is 135 Å². The van der Waals surface area contributed by atoms with E-state index in [0.29, 0.717) is 10.5 Å². The van der Waals surface area contributed by atoms with E-state index in [4.69, 9.17) is 27.9 Å². The number of fused-ring (bicyclic) bond motifs is 1. The zero-order valence-corrected chi connectivity index (χ0v) is 21.2. The third-order valence-electron chi connectivity index (χ3n) is 5.97. The molecule has 13 heteroatoms. The second kappa shape index (κ2) is 9.21. The molecule has 0 saturated carbocycles. The van der Waals surface area contributed by atoms with Crippen LogP contribution in [0.1, 0.15) is 5.56 Å². The fourth-order valence-corrected chi connectivity index (χ4v) is 8.66. The molecule has 0 aliphatic carbocycles. The number of nitrogens with zero attached hydrogens (tertiary/aromatic N) is 1. The van der Waals surface area contributed by atoms with Crippen LogP contribution in [0.2, 0.25) is 10.0 Å². The lowest BCUT2D eigenvalue weighted by Gasteiger charge is -2.50. The molecule has 2 aromatic carbocycles. The normalized spacial score (nSPS) is 23.6. The maximum Gasteiger partial charge on any atom is 0.352 e. The summed E-state index contributed by atoms with van der Waals surface area (Å²) in [5, 5.41) is 7.19. The van der Waals surface area contributed by atoms with Gasteiger partial charge in [0, 0.05) is 7.11 Å². The van der Waals surface area contributed by atoms with Gasteiger partial charge >= 0.3 is 5.97 Å². The Morgan fingerprint density at radius 1 is 1.11 bits per heavy atom. The van der Waals surface area contributed by atoms with Gasteiger partial charge in [-0.3, -0.25) is 9.69 Å². The molecule has 2 aromatic rings. The Labute approximate surface area is 211 Å². The number of β-lactam (4-membered cyclic amide) rings is 1. The first-order chi connectivity index (χ1) is 16.4. The van der Waals surface area contributed by atoms with Crippen molar-refractivity contribution in [2.24, 2.45) is 0 Å². The molecular weight excluding hydrogens is 541 g/mol. The number of rotatable bonds is 7. The van der Waals surface area contributed by atoms with E-state index in [1.807, 2.05) is 0 Å². The van der Waals surface area contributed by atoms with E-state index in [0.717, 1.165) is 7.11 Å². The van der Waals surface area contributed by atoms with Crippen LogP contribution in [0.25, 0.3) is 0 Å². The van der Waals surface area contributed by atoms with Crippen molar-refractivity contribution in [3.63, 3.8) is 0 Å². The molecule has 1 saturated heterocycles. The number of ether oxygens (including phenoxy) is 1. The summed E-state index contributed by atoms with van der Waals surface area (Å²) in [5.74, 6) is -3.41. The minimum absolute atomic E-state index is 0.116. The second-order valence-electron chi connectivity index (χ2n) is 8.04. The molecule has 0 bridgehead atoms. The van der Waals surface area contributed by atoms with Crippen LogP contribution in [0.4, 0.5) is 0 Å². The molecule has 0 radical (unpaired) electrons. The number of carbonyl (C=O) groups excluding carboxylic acids is 1. The number of hydrogen-bond donors (Lipinski definition) is 1. The summed E-state index contributed by atoms with van der Waals surface area (Å²) in [6, 6.07) is 11.6. The number of benzene rings is 2. The van der Waals surface area contributed by atoms with E-state index >= 15 is 0 Å². The fourth-order valence-electron chi connectivity index (χ4n) is 4.32. The maximum absolute atomic E-state index is 13.7. The first-order valence-electron chi connectivity index (χ1n) is 10.2. The second-order valence-corrected chi connectivity index (χ2v) is 13.1. The molecule has 0 aromatic heterocycles. The fraction of sp³-hybridized carbons (Fsp3) is 0.273. The third-order valence-corrected chi connectivity index (χ3v) is 10.8. The number of carboxylic acid groups (broad SMARTS) is 1. The van der Waals surface area contributed by atoms with Gasteiger partial charge in [-0.15, -0.1) is 0 Å². The van der Waals surface area contributed by atoms with Gasteiger partial charge in [-0.25, -0.2) is 21.6 Å². The summed E-state index contributed by atoms with van der Waals surface area (Å²) >= 11 is 12.0. The number of hydrogen-bond acceptors (Lipinski definition) is 7. The highest BCUT2D eigenvalue weighted by atomic mass is 35.5. The van der Waals surface area contributed by atoms with Crippen molar-refractivity contribution in [1.29, 1.82) is 0 Å². The van der Waals surface area contributed by atoms with E-state index in [9.17, 15) is 31.5 Å². The molecule has 9 nitrogen and oxygen atoms in total. The minimum Gasteiger partial charge on any atom is -0.477 e. The predicted molar refractivity (Wildman–Crippen MR) is 127 cm³/mol. The summed E-state index contributed by atoms with van der Waals surface area (Å²) < 4.78 is 58.8. The van der Waals surface area contributed by atoms with Crippen LogP contribution in [-0.4, -0.2) is 68.3 Å². The zero-order chi connectivity index (χ0) is 25.7. The van der Waals surface area contributed by atoms with Crippen LogP contribution in [0.3, 0.4) is 0 Å². The highest BCUT2D eigenvalue weighted by Gasteiger charge is 2.63. The Hall–Kier alpha value is -2.44. The van der Waals surface area contributed by atoms with E-state index < -0.39 is 65.3 Å². The molecule has 1 fully saturated rings. The number of carboxylic acids is 1. The van der Waals surface area contributed by atoms with Gasteiger partial charge in [0.1, 0.15) is 5.70 Å². The molecular formula is C22H19Cl2NO8S2. The van der Waals surface area contributed by atoms with Crippen molar-refractivity contribution >= 4 is 54.8 Å². The summed E-state index contributed by atoms with van der Waals surface area (Å²) in [4.78, 5) is 25.4. The molecule has 1 unspecified atom stereocenters. The highest BCUT2D eigenvalue weighted by Crippen LogP contribution is 2.43. The first-order valence-corrected chi connectivity index (χ1v) is 14.2. The van der Waals surface area contributed by atoms with E-state index in [1.54, 1.807) is 6.07 Å². The van der Waals surface area contributed by atoms with Crippen molar-refractivity contribution in [1.82, 2.24) is 4.90 Å². The van der Waals surface area contributed by atoms with Gasteiger partial charge in [0.05, 0.1) is 25.9 Å². The Morgan fingerprint density at radius 2 is 1.77 bits per heavy atom. The van der Waals surface area contributed by atoms with Crippen molar-refractivity contribution in [2.75, 3.05) is 12.9 Å². The van der Waals surface area contributed by atoms with Crippen molar-refractivity contribution in [3.8, 4) is 0 Å². The van der Waals surface area contributed by atoms with Gasteiger partial charge in [0.15, 0.2) is 31.2 Å². The Bertz CT molecular complexity index is 1460. The van der Waals surface area contributed by atoms with Gasteiger partial charge < -0.3 is 9.84 Å². The summed E-state index contributed by atoms with van der Waals surface area (Å²) in [7, 11) is -7.36. The largest absolute Gasteiger partial charge is 0.477 e. The lowest BCUT2D eigenvalue weighted by molar-refractivity contribution is -0.162. The van der Waals surface area contributed by atoms with Crippen LogP contribution in [0.15, 0.2) is 64.7 Å². The Kier molecular flexibility index (Phi) is 6.75. The lowest BCUT2D eigenvalue weighted by Crippen LogP contribution is -2.72. The summed E-state index contributed by atoms with van der Waals surface area (Å²) in [6.07, 6.45) is -1.69. The molecule has 2 aliphatic heterocycles. The quantitative estimate of drug-likeness (QED) is 0.510. The van der Waals surface area contributed by atoms with Gasteiger partial charge in [-0.2, -0.15) is 0 Å². The van der Waals surface area contributed by atoms with Crippen LogP contribution < -0.4 is 0 Å². The Morgan fingerprint density at radius 3 is 2.34 bits per heavy atom. The molecule has 2 aliphatic rings. The summed E-state index contributed by atoms with van der Waals surface area (Å²) in [6.45, 7) is 0. The zero-order valence-electron chi connectivity index (χ0n) is 18.1. The molecule has 186 valence electrons. The third kappa shape index (κ3) is 4.36. The number of sulfone groups is 2. The molecule has 0 spiro atoms. The van der Waals surface area contributed by atoms with Crippen molar-refractivity contribution in [2.45, 2.75) is 28.0 Å². The van der Waals surface area contributed by atoms with E-state index in [2.05, 4.69) is 0 Å². The molecule has 4 rings (SSSR count). The van der Waals surface area contributed by atoms with Crippen LogP contribution >= 0.6 is 23.2 Å². The van der Waals surface area contributed by atoms with Gasteiger partial charge in [0.25, 0.3) is 5.91 Å². The lowest BCUT2D eigenvalue weighted by atomic mass is 9.99. The monoisotopic (exact) mass is 559 g/mol. The highest BCUT2D eigenvalue weighted by molar-refractivity contribution is 7.93.